The van der Waals surface area contributed by atoms with E-state index < -0.39 is 10.0 Å². The molecule has 2 rings (SSSR count). The van der Waals surface area contributed by atoms with Gasteiger partial charge in [-0.25, -0.2) is 13.6 Å². The predicted molar refractivity (Wildman–Crippen MR) is 102 cm³/mol. The zero-order valence-electron chi connectivity index (χ0n) is 15.2. The molecule has 2 aromatic rings. The van der Waals surface area contributed by atoms with Gasteiger partial charge in [0.2, 0.25) is 15.9 Å². The van der Waals surface area contributed by atoms with E-state index in [1.165, 1.54) is 12.1 Å². The lowest BCUT2D eigenvalue weighted by atomic mass is 10.1. The van der Waals surface area contributed by atoms with Gasteiger partial charge in [-0.05, 0) is 44.2 Å². The number of likely N-dealkylation sites (N-methyl/N-ethyl adjacent to an activating group) is 1. The van der Waals surface area contributed by atoms with Gasteiger partial charge in [0.05, 0.1) is 17.0 Å². The fourth-order valence-electron chi connectivity index (χ4n) is 2.57. The molecule has 0 saturated heterocycles. The third-order valence-electron chi connectivity index (χ3n) is 4.38. The maximum atomic E-state index is 12.5. The van der Waals surface area contributed by atoms with Crippen molar-refractivity contribution in [3.05, 3.63) is 65.7 Å². The van der Waals surface area contributed by atoms with Crippen LogP contribution in [0, 0.1) is 0 Å². The van der Waals surface area contributed by atoms with E-state index in [2.05, 4.69) is 5.32 Å². The number of amides is 1. The fraction of sp³-hybridized carbons (Fsp3) is 0.316. The van der Waals surface area contributed by atoms with E-state index in [0.29, 0.717) is 6.54 Å². The fourth-order valence-corrected chi connectivity index (χ4v) is 3.09. The van der Waals surface area contributed by atoms with E-state index in [1.54, 1.807) is 12.1 Å². The minimum atomic E-state index is -3.72. The van der Waals surface area contributed by atoms with Gasteiger partial charge in [-0.2, -0.15) is 0 Å². The van der Waals surface area contributed by atoms with Crippen molar-refractivity contribution in [2.45, 2.75) is 37.4 Å². The molecule has 6 nitrogen and oxygen atoms in total. The molecule has 1 amide bonds. The summed E-state index contributed by atoms with van der Waals surface area (Å²) in [6.07, 6.45) is 0. The van der Waals surface area contributed by atoms with Crippen LogP contribution in [0.15, 0.2) is 59.5 Å². The second-order valence-electron chi connectivity index (χ2n) is 6.42. The van der Waals surface area contributed by atoms with Gasteiger partial charge in [0.25, 0.3) is 0 Å². The highest BCUT2D eigenvalue weighted by molar-refractivity contribution is 7.89. The molecule has 2 unspecified atom stereocenters. The lowest BCUT2D eigenvalue weighted by Crippen LogP contribution is -2.43. The van der Waals surface area contributed by atoms with Crippen molar-refractivity contribution in [1.29, 1.82) is 0 Å². The first-order valence-electron chi connectivity index (χ1n) is 8.36. The minimum absolute atomic E-state index is 0.0516. The summed E-state index contributed by atoms with van der Waals surface area (Å²) in [6, 6.07) is 15.6. The third kappa shape index (κ3) is 5.39. The average molecular weight is 375 g/mol. The molecule has 0 spiro atoms. The Bertz CT molecular complexity index is 836. The Morgan fingerprint density at radius 3 is 2.19 bits per heavy atom. The second kappa shape index (κ2) is 8.44. The maximum Gasteiger partial charge on any atom is 0.238 e. The van der Waals surface area contributed by atoms with Gasteiger partial charge in [0.1, 0.15) is 0 Å². The Labute approximate surface area is 155 Å². The molecule has 0 aromatic heterocycles. The van der Waals surface area contributed by atoms with Crippen molar-refractivity contribution in [3.63, 3.8) is 0 Å². The molecule has 0 fully saturated rings. The first-order valence-corrected chi connectivity index (χ1v) is 9.90. The summed E-state index contributed by atoms with van der Waals surface area (Å²) >= 11 is 0. The smallest absolute Gasteiger partial charge is 0.238 e. The predicted octanol–water partition coefficient (Wildman–Crippen LogP) is 2.03. The van der Waals surface area contributed by atoms with Crippen LogP contribution in [0.1, 0.15) is 31.0 Å². The highest BCUT2D eigenvalue weighted by Crippen LogP contribution is 2.16. The highest BCUT2D eigenvalue weighted by atomic mass is 32.2. The third-order valence-corrected chi connectivity index (χ3v) is 5.31. The Kier molecular flexibility index (Phi) is 6.52. The Balaban J connectivity index is 1.97. The number of sulfonamides is 1. The van der Waals surface area contributed by atoms with Crippen molar-refractivity contribution in [1.82, 2.24) is 10.2 Å². The summed E-state index contributed by atoms with van der Waals surface area (Å²) in [5.41, 5.74) is 1.95. The van der Waals surface area contributed by atoms with Gasteiger partial charge in [-0.1, -0.05) is 42.5 Å². The van der Waals surface area contributed by atoms with Crippen LogP contribution in [0.4, 0.5) is 0 Å². The minimum Gasteiger partial charge on any atom is -0.348 e. The molecule has 0 aliphatic heterocycles. The number of hydrogen-bond donors (Lipinski definition) is 2. The highest BCUT2D eigenvalue weighted by Gasteiger charge is 2.20. The van der Waals surface area contributed by atoms with Gasteiger partial charge >= 0.3 is 0 Å². The maximum absolute atomic E-state index is 12.5. The van der Waals surface area contributed by atoms with Crippen LogP contribution in [-0.4, -0.2) is 32.3 Å². The molecule has 3 N–H and O–H groups in total. The summed E-state index contributed by atoms with van der Waals surface area (Å²) in [7, 11) is -1.81. The van der Waals surface area contributed by atoms with Gasteiger partial charge in [0, 0.05) is 6.54 Å². The molecular formula is C19H25N3O3S. The number of rotatable bonds is 7. The number of nitrogens with one attached hydrogen (secondary N) is 1. The number of hydrogen-bond acceptors (Lipinski definition) is 4. The summed E-state index contributed by atoms with van der Waals surface area (Å²) in [4.78, 5) is 14.5. The Hall–Kier alpha value is -2.22. The van der Waals surface area contributed by atoms with E-state index in [1.807, 2.05) is 56.1 Å². The summed E-state index contributed by atoms with van der Waals surface area (Å²) in [5.74, 6) is -0.0912. The molecule has 26 heavy (non-hydrogen) atoms. The van der Waals surface area contributed by atoms with Gasteiger partial charge in [-0.3, -0.25) is 9.69 Å². The molecule has 0 bridgehead atoms. The van der Waals surface area contributed by atoms with Crippen LogP contribution < -0.4 is 10.5 Å². The Morgan fingerprint density at radius 1 is 1.08 bits per heavy atom. The van der Waals surface area contributed by atoms with Crippen LogP contribution in [0.2, 0.25) is 0 Å². The van der Waals surface area contributed by atoms with Crippen molar-refractivity contribution in [2.75, 3.05) is 7.05 Å². The molecule has 2 atom stereocenters. The number of nitrogens with zero attached hydrogens (tertiary/aromatic N) is 1. The number of primary sulfonamides is 1. The molecular weight excluding hydrogens is 350 g/mol. The largest absolute Gasteiger partial charge is 0.348 e. The van der Waals surface area contributed by atoms with Crippen LogP contribution in [-0.2, 0) is 21.4 Å². The van der Waals surface area contributed by atoms with Crippen LogP contribution >= 0.6 is 0 Å². The molecule has 140 valence electrons. The van der Waals surface area contributed by atoms with E-state index >= 15 is 0 Å². The molecule has 0 saturated carbocycles. The number of nitrogens with two attached hydrogens (primary N) is 1. The quantitative estimate of drug-likeness (QED) is 0.774. The SMILES string of the molecule is CC(NC(=O)C(C)N(C)Cc1ccccc1)c1ccc(S(N)(=O)=O)cc1. The first-order chi connectivity index (χ1) is 12.2. The topological polar surface area (TPSA) is 92.5 Å². The monoisotopic (exact) mass is 375 g/mol. The second-order valence-corrected chi connectivity index (χ2v) is 7.98. The molecule has 0 aliphatic carbocycles. The van der Waals surface area contributed by atoms with Crippen molar-refractivity contribution in [2.24, 2.45) is 5.14 Å². The Morgan fingerprint density at radius 2 is 1.65 bits per heavy atom. The standard InChI is InChI=1S/C19H25N3O3S/c1-14(17-9-11-18(12-10-17)26(20,24)25)21-19(23)15(2)22(3)13-16-7-5-4-6-8-16/h4-12,14-15H,13H2,1-3H3,(H,21,23)(H2,20,24,25). The van der Waals surface area contributed by atoms with Crippen LogP contribution in [0.3, 0.4) is 0 Å². The molecule has 0 heterocycles. The lowest BCUT2D eigenvalue weighted by Gasteiger charge is -2.25. The summed E-state index contributed by atoms with van der Waals surface area (Å²) in [6.45, 7) is 4.38. The summed E-state index contributed by atoms with van der Waals surface area (Å²) < 4.78 is 22.6. The van der Waals surface area contributed by atoms with E-state index in [4.69, 9.17) is 5.14 Å². The molecule has 7 heteroatoms. The number of benzene rings is 2. The van der Waals surface area contributed by atoms with Gasteiger partial charge in [0.15, 0.2) is 0 Å². The summed E-state index contributed by atoms with van der Waals surface area (Å²) in [5, 5.41) is 8.06. The van der Waals surface area contributed by atoms with Gasteiger partial charge in [-0.15, -0.1) is 0 Å². The number of carbonyl (C=O) groups excluding carboxylic acids is 1. The van der Waals surface area contributed by atoms with Gasteiger partial charge < -0.3 is 5.32 Å². The van der Waals surface area contributed by atoms with E-state index in [9.17, 15) is 13.2 Å². The van der Waals surface area contributed by atoms with Crippen molar-refractivity contribution < 1.29 is 13.2 Å². The van der Waals surface area contributed by atoms with Crippen LogP contribution in [0.25, 0.3) is 0 Å². The zero-order valence-corrected chi connectivity index (χ0v) is 16.0. The molecule has 2 aromatic carbocycles. The van der Waals surface area contributed by atoms with E-state index in [-0.39, 0.29) is 22.9 Å². The zero-order chi connectivity index (χ0) is 19.3. The normalized spacial score (nSPS) is 14.0. The average Bonchev–Trinajstić information content (AvgIpc) is 2.61. The van der Waals surface area contributed by atoms with Crippen LogP contribution in [0.5, 0.6) is 0 Å². The van der Waals surface area contributed by atoms with Crippen molar-refractivity contribution in [3.8, 4) is 0 Å². The van der Waals surface area contributed by atoms with Crippen molar-refractivity contribution >= 4 is 15.9 Å². The lowest BCUT2D eigenvalue weighted by molar-refractivity contribution is -0.126. The number of carbonyl (C=O) groups is 1. The van der Waals surface area contributed by atoms with E-state index in [0.717, 1.165) is 11.1 Å². The first kappa shape index (κ1) is 20.1. The molecule has 0 radical (unpaired) electrons. The molecule has 0 aliphatic rings.